The molecular weight excluding hydrogens is 681 g/mol. The summed E-state index contributed by atoms with van der Waals surface area (Å²) >= 11 is 24.7. The predicted molar refractivity (Wildman–Crippen MR) is 168 cm³/mol. The topological polar surface area (TPSA) is 93.9 Å². The lowest BCUT2D eigenvalue weighted by Crippen LogP contribution is -2.48. The Morgan fingerprint density at radius 3 is 2.24 bits per heavy atom. The molecule has 3 aromatic carbocycles. The Morgan fingerprint density at radius 2 is 1.67 bits per heavy atom. The molecule has 0 radical (unpaired) electrons. The van der Waals surface area contributed by atoms with Crippen LogP contribution >= 0.6 is 46.4 Å². The number of oxazole rings is 1. The van der Waals surface area contributed by atoms with Gasteiger partial charge in [0, 0.05) is 48.1 Å². The van der Waals surface area contributed by atoms with E-state index in [4.69, 9.17) is 55.6 Å². The number of aromatic nitrogens is 1. The van der Waals surface area contributed by atoms with Crippen LogP contribution in [0.25, 0.3) is 22.6 Å². The Bertz CT molecular complexity index is 1620. The number of rotatable bonds is 13. The average molecular weight is 707 g/mol. The summed E-state index contributed by atoms with van der Waals surface area (Å²) in [5.74, 6) is -1.92. The van der Waals surface area contributed by atoms with Crippen LogP contribution in [-0.4, -0.2) is 61.0 Å². The molecule has 0 aliphatic carbocycles. The minimum Gasteiger partial charge on any atom is -0.486 e. The van der Waals surface area contributed by atoms with E-state index in [0.717, 1.165) is 18.4 Å². The van der Waals surface area contributed by atoms with Gasteiger partial charge in [0.2, 0.25) is 5.89 Å². The number of benzene rings is 3. The number of hydrogen-bond donors (Lipinski definition) is 1. The van der Waals surface area contributed by atoms with Crippen molar-refractivity contribution in [2.24, 2.45) is 0 Å². The van der Waals surface area contributed by atoms with Gasteiger partial charge >= 0.3 is 18.1 Å². The van der Waals surface area contributed by atoms with Gasteiger partial charge < -0.3 is 24.1 Å². The standard InChI is InChI=1S/C30H26Cl4F3N3O5/c1-43-28(41)24(39-29(42)30(35,36)37)15-17-13-21(33)26(22(34)14-17)44-16-19-3-2-4-23-25(19)45-27(38-23)18-5-7-20(8-6-18)40(11-9-31)12-10-32/h2-8,13-14,24H,9-12,15-16H2,1H3,(H,39,42)/t24-/m0/s1. The van der Waals surface area contributed by atoms with Crippen molar-refractivity contribution in [3.05, 3.63) is 75.8 Å². The van der Waals surface area contributed by atoms with Gasteiger partial charge in [-0.05, 0) is 48.0 Å². The van der Waals surface area contributed by atoms with Crippen LogP contribution < -0.4 is 15.0 Å². The first kappa shape index (κ1) is 34.5. The van der Waals surface area contributed by atoms with Gasteiger partial charge in [-0.3, -0.25) is 4.79 Å². The molecule has 45 heavy (non-hydrogen) atoms. The molecule has 1 aromatic heterocycles. The number of alkyl halides is 5. The molecular formula is C30H26Cl4F3N3O5. The van der Waals surface area contributed by atoms with Gasteiger partial charge in [0.25, 0.3) is 0 Å². The number of carbonyl (C=O) groups is 2. The number of carbonyl (C=O) groups excluding carboxylic acids is 2. The number of nitrogens with zero attached hydrogens (tertiary/aromatic N) is 2. The monoisotopic (exact) mass is 705 g/mol. The third kappa shape index (κ3) is 8.66. The maximum atomic E-state index is 12.8. The zero-order valence-electron chi connectivity index (χ0n) is 23.6. The van der Waals surface area contributed by atoms with Crippen molar-refractivity contribution >= 4 is 75.1 Å². The quantitative estimate of drug-likeness (QED) is 0.114. The molecule has 1 amide bonds. The van der Waals surface area contributed by atoms with Gasteiger partial charge in [0.1, 0.15) is 18.2 Å². The summed E-state index contributed by atoms with van der Waals surface area (Å²) in [6, 6.07) is 14.2. The molecule has 4 aromatic rings. The van der Waals surface area contributed by atoms with Crippen LogP contribution in [0.15, 0.2) is 59.0 Å². The fourth-order valence-electron chi connectivity index (χ4n) is 4.46. The van der Waals surface area contributed by atoms with Crippen molar-refractivity contribution < 1.29 is 36.7 Å². The zero-order valence-corrected chi connectivity index (χ0v) is 26.6. The predicted octanol–water partition coefficient (Wildman–Crippen LogP) is 7.43. The van der Waals surface area contributed by atoms with Gasteiger partial charge in [-0.2, -0.15) is 13.2 Å². The van der Waals surface area contributed by atoms with Crippen LogP contribution in [0.1, 0.15) is 11.1 Å². The molecule has 240 valence electrons. The first-order chi connectivity index (χ1) is 21.4. The van der Waals surface area contributed by atoms with Crippen molar-refractivity contribution in [3.8, 4) is 17.2 Å². The van der Waals surface area contributed by atoms with E-state index in [1.165, 1.54) is 12.1 Å². The smallest absolute Gasteiger partial charge is 0.471 e. The zero-order chi connectivity index (χ0) is 32.7. The van der Waals surface area contributed by atoms with Crippen molar-refractivity contribution in [1.82, 2.24) is 10.3 Å². The van der Waals surface area contributed by atoms with Crippen molar-refractivity contribution in [2.75, 3.05) is 36.9 Å². The van der Waals surface area contributed by atoms with Gasteiger partial charge in [-0.15, -0.1) is 23.2 Å². The molecule has 1 heterocycles. The van der Waals surface area contributed by atoms with Crippen LogP contribution in [0, 0.1) is 0 Å². The Balaban J connectivity index is 1.50. The molecule has 8 nitrogen and oxygen atoms in total. The van der Waals surface area contributed by atoms with Crippen LogP contribution in [0.5, 0.6) is 5.75 Å². The molecule has 0 fully saturated rings. The molecule has 0 spiro atoms. The normalized spacial score (nSPS) is 12.2. The lowest BCUT2D eigenvalue weighted by Gasteiger charge is -2.22. The molecule has 0 saturated carbocycles. The summed E-state index contributed by atoms with van der Waals surface area (Å²) in [5, 5.41) is 1.69. The fraction of sp³-hybridized carbons (Fsp3) is 0.300. The molecule has 0 bridgehead atoms. The third-order valence-electron chi connectivity index (χ3n) is 6.60. The molecule has 0 aliphatic rings. The van der Waals surface area contributed by atoms with E-state index < -0.39 is 24.1 Å². The molecule has 0 aliphatic heterocycles. The second-order valence-corrected chi connectivity index (χ2v) is 11.2. The summed E-state index contributed by atoms with van der Waals surface area (Å²) in [7, 11) is 0.987. The number of anilines is 1. The van der Waals surface area contributed by atoms with Crippen LogP contribution in [0.3, 0.4) is 0 Å². The third-order valence-corrected chi connectivity index (χ3v) is 7.50. The highest BCUT2D eigenvalue weighted by Crippen LogP contribution is 2.36. The number of nitrogens with one attached hydrogen (secondary N) is 1. The first-order valence-electron chi connectivity index (χ1n) is 13.4. The maximum Gasteiger partial charge on any atom is 0.471 e. The molecule has 1 atom stereocenters. The van der Waals surface area contributed by atoms with Gasteiger partial charge in [-0.25, -0.2) is 9.78 Å². The molecule has 0 unspecified atom stereocenters. The summed E-state index contributed by atoms with van der Waals surface area (Å²) < 4.78 is 54.8. The largest absolute Gasteiger partial charge is 0.486 e. The van der Waals surface area contributed by atoms with E-state index in [2.05, 4.69) is 14.6 Å². The lowest BCUT2D eigenvalue weighted by atomic mass is 10.1. The first-order valence-corrected chi connectivity index (χ1v) is 15.2. The minimum atomic E-state index is -5.19. The molecule has 0 saturated heterocycles. The van der Waals surface area contributed by atoms with Crippen molar-refractivity contribution in [3.63, 3.8) is 0 Å². The fourth-order valence-corrected chi connectivity index (χ4v) is 5.51. The van der Waals surface area contributed by atoms with Crippen molar-refractivity contribution in [2.45, 2.75) is 25.2 Å². The van der Waals surface area contributed by atoms with Crippen molar-refractivity contribution in [1.29, 1.82) is 0 Å². The molecule has 15 heteroatoms. The number of hydrogen-bond acceptors (Lipinski definition) is 7. The SMILES string of the molecule is COC(=O)[C@H](Cc1cc(Cl)c(OCc2cccc3nc(-c4ccc(N(CCCl)CCCl)cc4)oc23)c(Cl)c1)NC(=O)C(F)(F)F. The number of para-hydroxylation sites is 1. The molecule has 1 N–H and O–H groups in total. The van der Waals surface area contributed by atoms with Gasteiger partial charge in [0.05, 0.1) is 17.2 Å². The van der Waals surface area contributed by atoms with Crippen LogP contribution in [-0.2, 0) is 27.4 Å². The minimum absolute atomic E-state index is 0.0120. The Labute approximate surface area is 276 Å². The van der Waals surface area contributed by atoms with Gasteiger partial charge in [-0.1, -0.05) is 35.3 Å². The number of amides is 1. The summed E-state index contributed by atoms with van der Waals surface area (Å²) in [5.41, 5.74) is 3.73. The Morgan fingerprint density at radius 1 is 1.02 bits per heavy atom. The average Bonchev–Trinajstić information content (AvgIpc) is 3.45. The second-order valence-electron chi connectivity index (χ2n) is 9.62. The number of fused-ring (bicyclic) bond motifs is 1. The van der Waals surface area contributed by atoms with E-state index in [0.29, 0.717) is 47.4 Å². The summed E-state index contributed by atoms with van der Waals surface area (Å²) in [6.07, 6.45) is -5.56. The lowest BCUT2D eigenvalue weighted by molar-refractivity contribution is -0.175. The van der Waals surface area contributed by atoms with E-state index >= 15 is 0 Å². The number of ether oxygens (including phenoxy) is 2. The Hall–Kier alpha value is -3.38. The number of methoxy groups -OCH3 is 1. The van der Waals surface area contributed by atoms with E-state index in [1.807, 2.05) is 24.3 Å². The number of esters is 1. The summed E-state index contributed by atoms with van der Waals surface area (Å²) in [6.45, 7) is 1.30. The van der Waals surface area contributed by atoms with E-state index in [1.54, 1.807) is 23.5 Å². The Kier molecular flexibility index (Phi) is 11.7. The highest BCUT2D eigenvalue weighted by atomic mass is 35.5. The highest BCUT2D eigenvalue weighted by Gasteiger charge is 2.41. The second kappa shape index (κ2) is 15.3. The van der Waals surface area contributed by atoms with E-state index in [9.17, 15) is 22.8 Å². The van der Waals surface area contributed by atoms with E-state index in [-0.39, 0.29) is 34.4 Å². The van der Waals surface area contributed by atoms with Crippen LogP contribution in [0.2, 0.25) is 10.0 Å². The molecule has 4 rings (SSSR count). The maximum absolute atomic E-state index is 12.8. The van der Waals surface area contributed by atoms with Crippen LogP contribution in [0.4, 0.5) is 18.9 Å². The van der Waals surface area contributed by atoms with Gasteiger partial charge in [0.15, 0.2) is 11.3 Å². The summed E-state index contributed by atoms with van der Waals surface area (Å²) in [4.78, 5) is 30.1. The number of halogens is 7. The highest BCUT2D eigenvalue weighted by molar-refractivity contribution is 6.37.